The second-order valence-electron chi connectivity index (χ2n) is 5.22. The molecule has 1 fully saturated rings. The number of anilines is 1. The molecule has 2 aliphatic rings. The minimum Gasteiger partial charge on any atom is -0.479 e. The van der Waals surface area contributed by atoms with Crippen LogP contribution in [0, 0.1) is 5.92 Å². The zero-order valence-electron chi connectivity index (χ0n) is 10.5. The smallest absolute Gasteiger partial charge is 0.178 e. The average Bonchev–Trinajstić information content (AvgIpc) is 2.47. The van der Waals surface area contributed by atoms with Crippen LogP contribution in [0.5, 0.6) is 5.75 Å². The zero-order chi connectivity index (χ0) is 12.4. The van der Waals surface area contributed by atoms with Crippen LogP contribution in [0.25, 0.3) is 0 Å². The highest BCUT2D eigenvalue weighted by atomic mass is 16.5. The summed E-state index contributed by atoms with van der Waals surface area (Å²) in [5.41, 5.74) is 0.991. The first-order valence-corrected chi connectivity index (χ1v) is 6.88. The number of hydrogen-bond donors (Lipinski definition) is 1. The van der Waals surface area contributed by atoms with E-state index in [9.17, 15) is 4.79 Å². The third kappa shape index (κ3) is 2.22. The van der Waals surface area contributed by atoms with Crippen LogP contribution in [-0.2, 0) is 4.79 Å². The molecule has 1 heterocycles. The molecule has 1 aliphatic heterocycles. The van der Waals surface area contributed by atoms with Gasteiger partial charge in [0.1, 0.15) is 5.75 Å². The van der Waals surface area contributed by atoms with E-state index in [1.54, 1.807) is 0 Å². The summed E-state index contributed by atoms with van der Waals surface area (Å²) in [6, 6.07) is 7.81. The molecule has 1 aromatic rings. The average molecular weight is 245 g/mol. The highest BCUT2D eigenvalue weighted by Crippen LogP contribution is 2.31. The van der Waals surface area contributed by atoms with Gasteiger partial charge in [0.05, 0.1) is 12.2 Å². The summed E-state index contributed by atoms with van der Waals surface area (Å²) in [7, 11) is 0. The van der Waals surface area contributed by atoms with Crippen molar-refractivity contribution in [1.29, 1.82) is 0 Å². The quantitative estimate of drug-likeness (QED) is 0.870. The van der Waals surface area contributed by atoms with E-state index in [0.717, 1.165) is 24.3 Å². The molecule has 1 unspecified atom stereocenters. The van der Waals surface area contributed by atoms with Crippen molar-refractivity contribution in [3.63, 3.8) is 0 Å². The fourth-order valence-corrected chi connectivity index (χ4v) is 2.92. The number of para-hydroxylation sites is 2. The predicted octanol–water partition coefficient (Wildman–Crippen LogP) is 3.01. The van der Waals surface area contributed by atoms with Crippen LogP contribution in [0.15, 0.2) is 24.3 Å². The number of ketones is 1. The monoisotopic (exact) mass is 245 g/mol. The Bertz CT molecular complexity index is 438. The molecule has 0 amide bonds. The van der Waals surface area contributed by atoms with Gasteiger partial charge < -0.3 is 10.1 Å². The molecule has 0 spiro atoms. The normalized spacial score (nSPS) is 23.7. The minimum atomic E-state index is -0.303. The number of Topliss-reactive ketones (excluding diaryl/α,β-unsaturated/α-hetero) is 1. The lowest BCUT2D eigenvalue weighted by Gasteiger charge is -2.30. The number of hydrogen-bond acceptors (Lipinski definition) is 3. The molecular formula is C15H19NO2. The van der Waals surface area contributed by atoms with E-state index in [2.05, 4.69) is 5.32 Å². The van der Waals surface area contributed by atoms with Crippen molar-refractivity contribution in [2.24, 2.45) is 5.92 Å². The highest BCUT2D eigenvalue weighted by Gasteiger charge is 2.31. The van der Waals surface area contributed by atoms with Gasteiger partial charge in [0.25, 0.3) is 0 Å². The Hall–Kier alpha value is -1.51. The van der Waals surface area contributed by atoms with Gasteiger partial charge in [-0.15, -0.1) is 0 Å². The first kappa shape index (κ1) is 11.6. The van der Waals surface area contributed by atoms with E-state index in [1.807, 2.05) is 24.3 Å². The molecule has 1 aliphatic carbocycles. The number of carbonyl (C=O) groups excluding carboxylic acids is 1. The summed E-state index contributed by atoms with van der Waals surface area (Å²) >= 11 is 0. The number of nitrogens with one attached hydrogen (secondary N) is 1. The molecule has 3 rings (SSSR count). The molecule has 0 saturated heterocycles. The first-order valence-electron chi connectivity index (χ1n) is 6.88. The van der Waals surface area contributed by atoms with E-state index in [0.29, 0.717) is 6.54 Å². The second-order valence-corrected chi connectivity index (χ2v) is 5.22. The highest BCUT2D eigenvalue weighted by molar-refractivity contribution is 5.87. The Kier molecular flexibility index (Phi) is 3.22. The third-order valence-corrected chi connectivity index (χ3v) is 3.96. The maximum absolute atomic E-state index is 12.4. The number of carbonyl (C=O) groups is 1. The van der Waals surface area contributed by atoms with Crippen LogP contribution in [0.1, 0.15) is 32.1 Å². The van der Waals surface area contributed by atoms with Crippen molar-refractivity contribution in [3.8, 4) is 5.75 Å². The molecule has 1 N–H and O–H groups in total. The third-order valence-electron chi connectivity index (χ3n) is 3.96. The second kappa shape index (κ2) is 5.01. The standard InChI is InChI=1S/C15H19NO2/c17-15(11-6-2-1-3-7-11)14-10-16-12-8-4-5-9-13(12)18-14/h4-5,8-9,11,14,16H,1-3,6-7,10H2. The summed E-state index contributed by atoms with van der Waals surface area (Å²) in [5.74, 6) is 1.31. The van der Waals surface area contributed by atoms with Crippen LogP contribution >= 0.6 is 0 Å². The molecule has 3 heteroatoms. The Balaban J connectivity index is 1.69. The molecule has 1 aromatic carbocycles. The van der Waals surface area contributed by atoms with Crippen LogP contribution in [0.2, 0.25) is 0 Å². The van der Waals surface area contributed by atoms with Gasteiger partial charge in [0.2, 0.25) is 0 Å². The molecule has 18 heavy (non-hydrogen) atoms. The maximum atomic E-state index is 12.4. The number of rotatable bonds is 2. The summed E-state index contributed by atoms with van der Waals surface area (Å²) in [6.45, 7) is 0.604. The lowest BCUT2D eigenvalue weighted by molar-refractivity contribution is -0.130. The van der Waals surface area contributed by atoms with Gasteiger partial charge in [0.15, 0.2) is 11.9 Å². The molecule has 0 radical (unpaired) electrons. The van der Waals surface area contributed by atoms with Crippen LogP contribution in [-0.4, -0.2) is 18.4 Å². The number of benzene rings is 1. The van der Waals surface area contributed by atoms with Gasteiger partial charge in [0, 0.05) is 5.92 Å². The molecule has 96 valence electrons. The summed E-state index contributed by atoms with van der Waals surface area (Å²) in [4.78, 5) is 12.4. The minimum absolute atomic E-state index is 0.218. The van der Waals surface area contributed by atoms with Crippen molar-refractivity contribution in [2.45, 2.75) is 38.2 Å². The van der Waals surface area contributed by atoms with E-state index in [1.165, 1.54) is 19.3 Å². The number of ether oxygens (including phenoxy) is 1. The lowest BCUT2D eigenvalue weighted by atomic mass is 9.84. The Morgan fingerprint density at radius 3 is 2.78 bits per heavy atom. The van der Waals surface area contributed by atoms with Crippen molar-refractivity contribution >= 4 is 11.5 Å². The fourth-order valence-electron chi connectivity index (χ4n) is 2.92. The van der Waals surface area contributed by atoms with E-state index in [-0.39, 0.29) is 17.8 Å². The van der Waals surface area contributed by atoms with Crippen LogP contribution in [0.3, 0.4) is 0 Å². The van der Waals surface area contributed by atoms with Gasteiger partial charge in [-0.25, -0.2) is 0 Å². The molecule has 0 bridgehead atoms. The van der Waals surface area contributed by atoms with Gasteiger partial charge in [-0.1, -0.05) is 31.4 Å². The number of fused-ring (bicyclic) bond motifs is 1. The largest absolute Gasteiger partial charge is 0.479 e. The molecular weight excluding hydrogens is 226 g/mol. The van der Waals surface area contributed by atoms with Crippen molar-refractivity contribution in [3.05, 3.63) is 24.3 Å². The summed E-state index contributed by atoms with van der Waals surface area (Å²) in [6.07, 6.45) is 5.43. The van der Waals surface area contributed by atoms with E-state index < -0.39 is 0 Å². The van der Waals surface area contributed by atoms with Gasteiger partial charge >= 0.3 is 0 Å². The van der Waals surface area contributed by atoms with Crippen LogP contribution in [0.4, 0.5) is 5.69 Å². The lowest BCUT2D eigenvalue weighted by Crippen LogP contribution is -2.41. The molecule has 0 aromatic heterocycles. The van der Waals surface area contributed by atoms with Gasteiger partial charge in [-0.2, -0.15) is 0 Å². The SMILES string of the molecule is O=C(C1CCCCC1)C1CNc2ccccc2O1. The summed E-state index contributed by atoms with van der Waals surface area (Å²) < 4.78 is 5.83. The molecule has 1 saturated carbocycles. The molecule has 3 nitrogen and oxygen atoms in total. The Morgan fingerprint density at radius 2 is 1.94 bits per heavy atom. The predicted molar refractivity (Wildman–Crippen MR) is 70.9 cm³/mol. The van der Waals surface area contributed by atoms with E-state index >= 15 is 0 Å². The molecule has 1 atom stereocenters. The maximum Gasteiger partial charge on any atom is 0.178 e. The van der Waals surface area contributed by atoms with Crippen LogP contribution < -0.4 is 10.1 Å². The zero-order valence-corrected chi connectivity index (χ0v) is 10.5. The Labute approximate surface area is 108 Å². The Morgan fingerprint density at radius 1 is 1.17 bits per heavy atom. The van der Waals surface area contributed by atoms with E-state index in [4.69, 9.17) is 4.74 Å². The van der Waals surface area contributed by atoms with Gasteiger partial charge in [-0.3, -0.25) is 4.79 Å². The van der Waals surface area contributed by atoms with Gasteiger partial charge in [-0.05, 0) is 25.0 Å². The topological polar surface area (TPSA) is 38.3 Å². The van der Waals surface area contributed by atoms with Crippen molar-refractivity contribution in [1.82, 2.24) is 0 Å². The fraction of sp³-hybridized carbons (Fsp3) is 0.533. The first-order chi connectivity index (χ1) is 8.84. The van der Waals surface area contributed by atoms with Crippen molar-refractivity contribution in [2.75, 3.05) is 11.9 Å². The summed E-state index contributed by atoms with van der Waals surface area (Å²) in [5, 5.41) is 3.29. The van der Waals surface area contributed by atoms with Crippen molar-refractivity contribution < 1.29 is 9.53 Å².